The number of aromatic amines is 1. The Balaban J connectivity index is 1.74. The molecule has 0 aliphatic carbocycles. The number of urea groups is 1. The van der Waals surface area contributed by atoms with Crippen LogP contribution >= 0.6 is 27.3 Å². The minimum absolute atomic E-state index is 0.103. The summed E-state index contributed by atoms with van der Waals surface area (Å²) in [4.78, 5) is 34.5. The second-order valence-corrected chi connectivity index (χ2v) is 10.9. The van der Waals surface area contributed by atoms with E-state index in [0.717, 1.165) is 30.8 Å². The van der Waals surface area contributed by atoms with E-state index in [-0.39, 0.29) is 18.0 Å². The zero-order valence-electron chi connectivity index (χ0n) is 15.8. The monoisotopic (exact) mass is 457 g/mol. The number of nitrogens with zero attached hydrogens (tertiary/aromatic N) is 2. The fraction of sp³-hybridized carbons (Fsp3) is 0.333. The van der Waals surface area contributed by atoms with Crippen molar-refractivity contribution in [1.82, 2.24) is 14.8 Å². The molecule has 144 valence electrons. The van der Waals surface area contributed by atoms with Gasteiger partial charge in [0.05, 0.1) is 3.79 Å². The van der Waals surface area contributed by atoms with Crippen LogP contribution in [0.25, 0.3) is 10.9 Å². The normalized spacial score (nSPS) is 22.1. The van der Waals surface area contributed by atoms with Gasteiger partial charge in [-0.1, -0.05) is 18.2 Å². The molecule has 3 aromatic rings. The molecule has 1 N–H and O–H groups in total. The number of rotatable bonds is 1. The minimum atomic E-state index is -0.554. The highest BCUT2D eigenvalue weighted by Crippen LogP contribution is 2.47. The molecule has 1 saturated heterocycles. The number of carbonyl (C=O) groups is 2. The number of carbonyl (C=O) groups excluding carboxylic acids is 2. The number of thiophene rings is 1. The summed E-state index contributed by atoms with van der Waals surface area (Å²) in [6.07, 6.45) is 0.541. The number of imide groups is 1. The molecule has 0 radical (unpaired) electrons. The smallest absolute Gasteiger partial charge is 0.328 e. The Morgan fingerprint density at radius 3 is 2.57 bits per heavy atom. The van der Waals surface area contributed by atoms with Crippen molar-refractivity contribution in [3.63, 3.8) is 0 Å². The van der Waals surface area contributed by atoms with Crippen LogP contribution in [0.3, 0.4) is 0 Å². The van der Waals surface area contributed by atoms with Gasteiger partial charge in [-0.15, -0.1) is 11.3 Å². The lowest BCUT2D eigenvalue weighted by Gasteiger charge is -2.35. The van der Waals surface area contributed by atoms with Gasteiger partial charge in [0, 0.05) is 33.4 Å². The number of H-pyrrole nitrogens is 1. The van der Waals surface area contributed by atoms with Gasteiger partial charge in [0.25, 0.3) is 5.91 Å². The van der Waals surface area contributed by atoms with Gasteiger partial charge in [-0.3, -0.25) is 14.6 Å². The minimum Gasteiger partial charge on any atom is -0.356 e. The molecule has 5 nitrogen and oxygen atoms in total. The van der Waals surface area contributed by atoms with Crippen molar-refractivity contribution in [3.8, 4) is 0 Å². The molecule has 0 unspecified atom stereocenters. The Morgan fingerprint density at radius 1 is 1.14 bits per heavy atom. The molecular formula is C21H20BrN3O2S. The molecule has 0 bridgehead atoms. The highest BCUT2D eigenvalue weighted by molar-refractivity contribution is 9.11. The number of fused-ring (bicyclic) bond motifs is 4. The number of para-hydroxylation sites is 1. The summed E-state index contributed by atoms with van der Waals surface area (Å²) in [6, 6.07) is 11.2. The Morgan fingerprint density at radius 2 is 1.89 bits per heavy atom. The number of hydrogen-bond donors (Lipinski definition) is 1. The van der Waals surface area contributed by atoms with E-state index in [1.807, 2.05) is 51.1 Å². The van der Waals surface area contributed by atoms with Gasteiger partial charge >= 0.3 is 6.03 Å². The first-order valence-electron chi connectivity index (χ1n) is 9.28. The van der Waals surface area contributed by atoms with Crippen LogP contribution in [0.5, 0.6) is 0 Å². The molecule has 7 heteroatoms. The van der Waals surface area contributed by atoms with Crippen LogP contribution in [-0.2, 0) is 11.2 Å². The van der Waals surface area contributed by atoms with Crippen molar-refractivity contribution in [3.05, 3.63) is 56.3 Å². The standard InChI is InChI=1S/C21H20BrN3O2S/c1-21(2,3)25-19(26)14-10-12-11-6-4-5-7-13(11)23-17(12)18(24(14)20(25)27)15-8-9-16(22)28-15/h4-9,14,18,23H,10H2,1-3H3/t14-,18+/m0/s1. The largest absolute Gasteiger partial charge is 0.356 e. The van der Waals surface area contributed by atoms with E-state index in [1.54, 1.807) is 16.2 Å². The summed E-state index contributed by atoms with van der Waals surface area (Å²) in [5, 5.41) is 1.13. The fourth-order valence-electron chi connectivity index (χ4n) is 4.47. The lowest BCUT2D eigenvalue weighted by atomic mass is 9.91. The molecule has 5 rings (SSSR count). The predicted molar refractivity (Wildman–Crippen MR) is 113 cm³/mol. The number of benzene rings is 1. The first-order valence-corrected chi connectivity index (χ1v) is 10.9. The van der Waals surface area contributed by atoms with Gasteiger partial charge in [-0.25, -0.2) is 4.79 Å². The Hall–Kier alpha value is -2.12. The number of halogens is 1. The molecule has 2 aliphatic heterocycles. The molecule has 2 aliphatic rings. The third-order valence-corrected chi connectivity index (χ3v) is 7.26. The van der Waals surface area contributed by atoms with Crippen LogP contribution < -0.4 is 0 Å². The van der Waals surface area contributed by atoms with Crippen LogP contribution in [0.15, 0.2) is 40.2 Å². The van der Waals surface area contributed by atoms with E-state index in [2.05, 4.69) is 27.0 Å². The summed E-state index contributed by atoms with van der Waals surface area (Å²) in [5.41, 5.74) is 2.65. The second-order valence-electron chi connectivity index (χ2n) is 8.36. The van der Waals surface area contributed by atoms with E-state index in [1.165, 1.54) is 4.90 Å². The maximum atomic E-state index is 13.4. The van der Waals surface area contributed by atoms with E-state index < -0.39 is 11.6 Å². The molecule has 4 heterocycles. The third kappa shape index (κ3) is 2.42. The molecule has 2 aromatic heterocycles. The van der Waals surface area contributed by atoms with Crippen molar-refractivity contribution in [2.45, 2.75) is 44.8 Å². The summed E-state index contributed by atoms with van der Waals surface area (Å²) in [7, 11) is 0. The van der Waals surface area contributed by atoms with Crippen LogP contribution in [-0.4, -0.2) is 38.3 Å². The predicted octanol–water partition coefficient (Wildman–Crippen LogP) is 5.07. The summed E-state index contributed by atoms with van der Waals surface area (Å²) < 4.78 is 1.01. The van der Waals surface area contributed by atoms with Gasteiger partial charge in [-0.05, 0) is 60.5 Å². The molecule has 3 amide bonds. The highest BCUT2D eigenvalue weighted by atomic mass is 79.9. The Bertz CT molecular complexity index is 1130. The SMILES string of the molecule is CC(C)(C)N1C(=O)[C@@H]2Cc3c([nH]c4ccccc34)[C@@H](c3ccc(Br)s3)N2C1=O. The maximum Gasteiger partial charge on any atom is 0.328 e. The lowest BCUT2D eigenvalue weighted by molar-refractivity contribution is -0.131. The summed E-state index contributed by atoms with van der Waals surface area (Å²) in [5.74, 6) is -0.103. The second kappa shape index (κ2) is 5.94. The first kappa shape index (κ1) is 17.9. The first-order chi connectivity index (χ1) is 13.3. The van der Waals surface area contributed by atoms with Gasteiger partial charge in [-0.2, -0.15) is 0 Å². The van der Waals surface area contributed by atoms with Gasteiger partial charge in [0.1, 0.15) is 12.1 Å². The fourth-order valence-corrected chi connectivity index (χ4v) is 6.00. The van der Waals surface area contributed by atoms with Crippen molar-refractivity contribution in [2.24, 2.45) is 0 Å². The van der Waals surface area contributed by atoms with Crippen LogP contribution in [0, 0.1) is 0 Å². The van der Waals surface area contributed by atoms with Crippen molar-refractivity contribution in [2.75, 3.05) is 0 Å². The van der Waals surface area contributed by atoms with Gasteiger partial charge < -0.3 is 4.98 Å². The summed E-state index contributed by atoms with van der Waals surface area (Å²) >= 11 is 5.15. The van der Waals surface area contributed by atoms with Gasteiger partial charge in [0.15, 0.2) is 0 Å². The maximum absolute atomic E-state index is 13.4. The molecule has 2 atom stereocenters. The Labute approximate surface area is 175 Å². The highest BCUT2D eigenvalue weighted by Gasteiger charge is 2.55. The van der Waals surface area contributed by atoms with E-state index in [9.17, 15) is 9.59 Å². The molecule has 0 spiro atoms. The molecular weight excluding hydrogens is 438 g/mol. The zero-order chi connectivity index (χ0) is 19.8. The number of nitrogens with one attached hydrogen (secondary N) is 1. The number of amides is 3. The molecule has 28 heavy (non-hydrogen) atoms. The molecule has 1 fully saturated rings. The summed E-state index contributed by atoms with van der Waals surface area (Å²) in [6.45, 7) is 5.73. The number of aromatic nitrogens is 1. The van der Waals surface area contributed by atoms with E-state index >= 15 is 0 Å². The van der Waals surface area contributed by atoms with Crippen molar-refractivity contribution < 1.29 is 9.59 Å². The van der Waals surface area contributed by atoms with Crippen molar-refractivity contribution in [1.29, 1.82) is 0 Å². The number of hydrogen-bond acceptors (Lipinski definition) is 3. The average molecular weight is 458 g/mol. The average Bonchev–Trinajstić information content (AvgIpc) is 3.28. The third-order valence-electron chi connectivity index (χ3n) is 5.58. The topological polar surface area (TPSA) is 56.4 Å². The molecule has 1 aromatic carbocycles. The lowest BCUT2D eigenvalue weighted by Crippen LogP contribution is -2.46. The van der Waals surface area contributed by atoms with E-state index in [0.29, 0.717) is 6.42 Å². The van der Waals surface area contributed by atoms with E-state index in [4.69, 9.17) is 0 Å². The molecule has 0 saturated carbocycles. The Kier molecular flexibility index (Phi) is 3.81. The quantitative estimate of drug-likeness (QED) is 0.518. The zero-order valence-corrected chi connectivity index (χ0v) is 18.2. The van der Waals surface area contributed by atoms with Crippen molar-refractivity contribution >= 4 is 50.1 Å². The van der Waals surface area contributed by atoms with Crippen LogP contribution in [0.1, 0.15) is 42.9 Å². The van der Waals surface area contributed by atoms with Gasteiger partial charge in [0.2, 0.25) is 0 Å². The van der Waals surface area contributed by atoms with Crippen LogP contribution in [0.4, 0.5) is 4.79 Å². The van der Waals surface area contributed by atoms with Crippen LogP contribution in [0.2, 0.25) is 0 Å².